The van der Waals surface area contributed by atoms with E-state index in [-0.39, 0.29) is 0 Å². The van der Waals surface area contributed by atoms with Crippen molar-refractivity contribution in [2.24, 2.45) is 0 Å². The summed E-state index contributed by atoms with van der Waals surface area (Å²) in [6, 6.07) is 15.5. The van der Waals surface area contributed by atoms with Crippen LogP contribution < -0.4 is 5.32 Å². The molecule has 0 amide bonds. The predicted octanol–water partition coefficient (Wildman–Crippen LogP) is 3.75. The minimum atomic E-state index is 0.597. The first-order valence-electron chi connectivity index (χ1n) is 6.55. The topological polar surface area (TPSA) is 24.9 Å². The number of aryl methyl sites for hydroxylation is 1. The quantitative estimate of drug-likeness (QED) is 0.881. The van der Waals surface area contributed by atoms with E-state index in [0.29, 0.717) is 6.04 Å². The molecule has 0 atom stereocenters. The van der Waals surface area contributed by atoms with E-state index in [1.54, 1.807) is 0 Å². The molecule has 2 aromatic rings. The van der Waals surface area contributed by atoms with Gasteiger partial charge in [-0.3, -0.25) is 4.98 Å². The summed E-state index contributed by atoms with van der Waals surface area (Å²) in [4.78, 5) is 4.31. The second-order valence-corrected chi connectivity index (χ2v) is 5.11. The first-order valence-corrected chi connectivity index (χ1v) is 6.55. The third-order valence-electron chi connectivity index (χ3n) is 3.69. The van der Waals surface area contributed by atoms with E-state index in [1.165, 1.54) is 18.4 Å². The van der Waals surface area contributed by atoms with Crippen molar-refractivity contribution in [3.05, 3.63) is 59.9 Å². The molecule has 1 heterocycles. The number of anilines is 1. The van der Waals surface area contributed by atoms with Crippen molar-refractivity contribution in [3.63, 3.8) is 0 Å². The van der Waals surface area contributed by atoms with E-state index in [2.05, 4.69) is 52.8 Å². The van der Waals surface area contributed by atoms with Gasteiger partial charge in [-0.1, -0.05) is 30.3 Å². The largest absolute Gasteiger partial charge is 0.381 e. The second kappa shape index (κ2) is 4.81. The first kappa shape index (κ1) is 11.3. The molecule has 0 spiro atoms. The molecule has 0 aliphatic heterocycles. The lowest BCUT2D eigenvalue weighted by Gasteiger charge is -2.36. The van der Waals surface area contributed by atoms with Gasteiger partial charge in [-0.05, 0) is 43.4 Å². The highest BCUT2D eigenvalue weighted by Crippen LogP contribution is 2.38. The van der Waals surface area contributed by atoms with Gasteiger partial charge in [-0.2, -0.15) is 0 Å². The molecule has 1 aliphatic carbocycles. The molecule has 0 bridgehead atoms. The SMILES string of the molecule is Cc1ccc(NC2CC(c3ccccc3)C2)cn1. The van der Waals surface area contributed by atoms with Gasteiger partial charge in [0.15, 0.2) is 0 Å². The van der Waals surface area contributed by atoms with E-state index in [4.69, 9.17) is 0 Å². The lowest BCUT2D eigenvalue weighted by Crippen LogP contribution is -2.33. The fourth-order valence-corrected chi connectivity index (χ4v) is 2.52. The zero-order valence-electron chi connectivity index (χ0n) is 10.6. The van der Waals surface area contributed by atoms with Gasteiger partial charge in [0.25, 0.3) is 0 Å². The van der Waals surface area contributed by atoms with E-state index < -0.39 is 0 Å². The van der Waals surface area contributed by atoms with Crippen LogP contribution in [0.5, 0.6) is 0 Å². The molecule has 2 nitrogen and oxygen atoms in total. The Balaban J connectivity index is 1.55. The van der Waals surface area contributed by atoms with Crippen LogP contribution in [0.4, 0.5) is 5.69 Å². The van der Waals surface area contributed by atoms with Crippen LogP contribution in [0.1, 0.15) is 30.0 Å². The molecule has 1 saturated carbocycles. The van der Waals surface area contributed by atoms with Crippen molar-refractivity contribution in [2.45, 2.75) is 31.7 Å². The lowest BCUT2D eigenvalue weighted by atomic mass is 9.76. The zero-order valence-corrected chi connectivity index (χ0v) is 10.6. The van der Waals surface area contributed by atoms with E-state index in [1.807, 2.05) is 13.1 Å². The minimum absolute atomic E-state index is 0.597. The Kier molecular flexibility index (Phi) is 3.01. The summed E-state index contributed by atoms with van der Waals surface area (Å²) in [5, 5.41) is 3.54. The highest BCUT2D eigenvalue weighted by molar-refractivity contribution is 5.43. The number of rotatable bonds is 3. The van der Waals surface area contributed by atoms with Gasteiger partial charge in [-0.15, -0.1) is 0 Å². The summed E-state index contributed by atoms with van der Waals surface area (Å²) in [5.74, 6) is 0.724. The minimum Gasteiger partial charge on any atom is -0.381 e. The molecular formula is C16H18N2. The maximum Gasteiger partial charge on any atom is 0.0529 e. The van der Waals surface area contributed by atoms with Crippen molar-refractivity contribution in [2.75, 3.05) is 5.32 Å². The monoisotopic (exact) mass is 238 g/mol. The van der Waals surface area contributed by atoms with E-state index in [0.717, 1.165) is 17.3 Å². The Labute approximate surface area is 108 Å². The number of hydrogen-bond donors (Lipinski definition) is 1. The molecule has 1 fully saturated rings. The van der Waals surface area contributed by atoms with Crippen LogP contribution in [0, 0.1) is 6.92 Å². The van der Waals surface area contributed by atoms with Gasteiger partial charge in [0, 0.05) is 11.7 Å². The fourth-order valence-electron chi connectivity index (χ4n) is 2.52. The normalized spacial score (nSPS) is 22.3. The number of pyridine rings is 1. The summed E-state index contributed by atoms with van der Waals surface area (Å²) in [5.41, 5.74) is 3.67. The van der Waals surface area contributed by atoms with Gasteiger partial charge in [0.2, 0.25) is 0 Å². The molecule has 0 unspecified atom stereocenters. The van der Waals surface area contributed by atoms with Crippen LogP contribution >= 0.6 is 0 Å². The van der Waals surface area contributed by atoms with Crippen LogP contribution in [0.25, 0.3) is 0 Å². The summed E-state index contributed by atoms with van der Waals surface area (Å²) in [6.07, 6.45) is 4.36. The Morgan fingerprint density at radius 1 is 1.06 bits per heavy atom. The standard InChI is InChI=1S/C16H18N2/c1-12-7-8-15(11-17-12)18-16-9-14(10-16)13-5-3-2-4-6-13/h2-8,11,14,16,18H,9-10H2,1H3. The smallest absolute Gasteiger partial charge is 0.0529 e. The molecule has 1 aliphatic rings. The third-order valence-corrected chi connectivity index (χ3v) is 3.69. The van der Waals surface area contributed by atoms with Crippen LogP contribution in [0.15, 0.2) is 48.7 Å². The highest BCUT2D eigenvalue weighted by Gasteiger charge is 2.29. The summed E-state index contributed by atoms with van der Waals surface area (Å²) in [7, 11) is 0. The molecule has 92 valence electrons. The molecule has 1 aromatic heterocycles. The molecule has 1 N–H and O–H groups in total. The predicted molar refractivity (Wildman–Crippen MR) is 74.8 cm³/mol. The van der Waals surface area contributed by atoms with E-state index >= 15 is 0 Å². The van der Waals surface area contributed by atoms with Crippen molar-refractivity contribution >= 4 is 5.69 Å². The van der Waals surface area contributed by atoms with Crippen molar-refractivity contribution < 1.29 is 0 Å². The van der Waals surface area contributed by atoms with Crippen LogP contribution in [0.2, 0.25) is 0 Å². The Hall–Kier alpha value is -1.83. The first-order chi connectivity index (χ1) is 8.81. The molecule has 2 heteroatoms. The fraction of sp³-hybridized carbons (Fsp3) is 0.312. The average molecular weight is 238 g/mol. The molecular weight excluding hydrogens is 220 g/mol. The Morgan fingerprint density at radius 2 is 1.83 bits per heavy atom. The van der Waals surface area contributed by atoms with Gasteiger partial charge in [-0.25, -0.2) is 0 Å². The molecule has 0 radical (unpaired) electrons. The van der Waals surface area contributed by atoms with Crippen LogP contribution in [-0.2, 0) is 0 Å². The maximum absolute atomic E-state index is 4.31. The van der Waals surface area contributed by atoms with Crippen LogP contribution in [-0.4, -0.2) is 11.0 Å². The van der Waals surface area contributed by atoms with Gasteiger partial charge in [0.05, 0.1) is 11.9 Å². The van der Waals surface area contributed by atoms with Crippen LogP contribution in [0.3, 0.4) is 0 Å². The average Bonchev–Trinajstić information content (AvgIpc) is 2.36. The number of hydrogen-bond acceptors (Lipinski definition) is 2. The lowest BCUT2D eigenvalue weighted by molar-refractivity contribution is 0.374. The molecule has 3 rings (SSSR count). The summed E-state index contributed by atoms with van der Waals surface area (Å²) < 4.78 is 0. The number of nitrogens with zero attached hydrogens (tertiary/aromatic N) is 1. The molecule has 0 saturated heterocycles. The zero-order chi connectivity index (χ0) is 12.4. The van der Waals surface area contributed by atoms with Crippen molar-refractivity contribution in [3.8, 4) is 0 Å². The second-order valence-electron chi connectivity index (χ2n) is 5.11. The summed E-state index contributed by atoms with van der Waals surface area (Å²) >= 11 is 0. The third kappa shape index (κ3) is 2.37. The maximum atomic E-state index is 4.31. The van der Waals surface area contributed by atoms with Gasteiger partial charge in [0.1, 0.15) is 0 Å². The van der Waals surface area contributed by atoms with Crippen molar-refractivity contribution in [1.29, 1.82) is 0 Å². The number of benzene rings is 1. The Morgan fingerprint density at radius 3 is 2.50 bits per heavy atom. The van der Waals surface area contributed by atoms with Gasteiger partial charge >= 0.3 is 0 Å². The van der Waals surface area contributed by atoms with E-state index in [9.17, 15) is 0 Å². The summed E-state index contributed by atoms with van der Waals surface area (Å²) in [6.45, 7) is 2.01. The van der Waals surface area contributed by atoms with Crippen molar-refractivity contribution in [1.82, 2.24) is 4.98 Å². The van der Waals surface area contributed by atoms with Gasteiger partial charge < -0.3 is 5.32 Å². The molecule has 1 aromatic carbocycles. The molecule has 18 heavy (non-hydrogen) atoms. The highest BCUT2D eigenvalue weighted by atomic mass is 14.9. The number of aromatic nitrogens is 1. The Bertz CT molecular complexity index is 498. The number of nitrogens with one attached hydrogen (secondary N) is 1.